The Bertz CT molecular complexity index is 465. The second kappa shape index (κ2) is 5.61. The third-order valence-electron chi connectivity index (χ3n) is 3.48. The van der Waals surface area contributed by atoms with Crippen LogP contribution in [0, 0.1) is 12.8 Å². The van der Waals surface area contributed by atoms with Crippen molar-refractivity contribution in [1.29, 1.82) is 0 Å². The van der Waals surface area contributed by atoms with E-state index in [-0.39, 0.29) is 0 Å². The minimum atomic E-state index is 0.422. The molecule has 3 nitrogen and oxygen atoms in total. The topological polar surface area (TPSA) is 47.6 Å². The zero-order valence-electron chi connectivity index (χ0n) is 10.9. The Kier molecular flexibility index (Phi) is 4.12. The van der Waals surface area contributed by atoms with Crippen LogP contribution in [-0.4, -0.2) is 12.9 Å². The van der Waals surface area contributed by atoms with E-state index in [4.69, 9.17) is 22.1 Å². The van der Waals surface area contributed by atoms with Gasteiger partial charge in [0.1, 0.15) is 17.3 Å². The summed E-state index contributed by atoms with van der Waals surface area (Å²) in [6.45, 7) is 1.95. The highest BCUT2D eigenvalue weighted by atomic mass is 35.5. The minimum absolute atomic E-state index is 0.422. The number of benzene rings is 1. The van der Waals surface area contributed by atoms with Crippen molar-refractivity contribution in [2.24, 2.45) is 16.6 Å². The maximum atomic E-state index is 6.08. The summed E-state index contributed by atoms with van der Waals surface area (Å²) in [5.41, 5.74) is 7.83. The van der Waals surface area contributed by atoms with Crippen molar-refractivity contribution in [1.82, 2.24) is 0 Å². The molecule has 0 heterocycles. The Balaban J connectivity index is 2.32. The third kappa shape index (κ3) is 2.78. The zero-order valence-corrected chi connectivity index (χ0v) is 11.6. The van der Waals surface area contributed by atoms with Gasteiger partial charge < -0.3 is 10.5 Å². The maximum absolute atomic E-state index is 6.08. The molecule has 1 saturated carbocycles. The van der Waals surface area contributed by atoms with Crippen LogP contribution in [-0.2, 0) is 0 Å². The lowest BCUT2D eigenvalue weighted by atomic mass is 10.1. The fraction of sp³-hybridized carbons (Fsp3) is 0.500. The molecule has 2 rings (SSSR count). The van der Waals surface area contributed by atoms with E-state index in [1.807, 2.05) is 13.0 Å². The highest BCUT2D eigenvalue weighted by molar-refractivity contribution is 6.31. The van der Waals surface area contributed by atoms with Crippen LogP contribution in [0.4, 0.5) is 5.69 Å². The number of halogens is 1. The predicted octanol–water partition coefficient (Wildman–Crippen LogP) is 3.84. The number of aliphatic imine (C=N–C) groups is 1. The van der Waals surface area contributed by atoms with Gasteiger partial charge in [0.25, 0.3) is 0 Å². The third-order valence-corrected chi connectivity index (χ3v) is 3.89. The molecule has 0 radical (unpaired) electrons. The number of methoxy groups -OCH3 is 1. The standard InChI is InChI=1S/C14H19ClN2O/c1-9-7-12(13(18-2)8-11(9)15)17-14(16)10-5-3-4-6-10/h7-8,10H,3-6H2,1-2H3,(H2,16,17). The molecule has 0 saturated heterocycles. The number of aryl methyl sites for hydroxylation is 1. The van der Waals surface area contributed by atoms with Gasteiger partial charge in [-0.2, -0.15) is 0 Å². The van der Waals surface area contributed by atoms with E-state index in [1.165, 1.54) is 12.8 Å². The number of hydrogen-bond acceptors (Lipinski definition) is 2. The van der Waals surface area contributed by atoms with E-state index in [2.05, 4.69) is 4.99 Å². The first-order chi connectivity index (χ1) is 8.61. The summed E-state index contributed by atoms with van der Waals surface area (Å²) in [7, 11) is 1.62. The van der Waals surface area contributed by atoms with Crippen LogP contribution in [0.15, 0.2) is 17.1 Å². The normalized spacial score (nSPS) is 17.2. The van der Waals surface area contributed by atoms with Crippen LogP contribution in [0.25, 0.3) is 0 Å². The lowest BCUT2D eigenvalue weighted by Gasteiger charge is -2.11. The molecule has 1 aromatic rings. The van der Waals surface area contributed by atoms with E-state index < -0.39 is 0 Å². The molecule has 18 heavy (non-hydrogen) atoms. The number of hydrogen-bond donors (Lipinski definition) is 1. The number of nitrogens with zero attached hydrogens (tertiary/aromatic N) is 1. The quantitative estimate of drug-likeness (QED) is 0.667. The first kappa shape index (κ1) is 13.2. The Labute approximate surface area is 113 Å². The van der Waals surface area contributed by atoms with Crippen LogP contribution in [0.3, 0.4) is 0 Å². The summed E-state index contributed by atoms with van der Waals surface area (Å²) in [4.78, 5) is 4.52. The summed E-state index contributed by atoms with van der Waals surface area (Å²) in [5.74, 6) is 1.81. The highest BCUT2D eigenvalue weighted by Gasteiger charge is 2.19. The Morgan fingerprint density at radius 2 is 2.06 bits per heavy atom. The molecule has 2 N–H and O–H groups in total. The monoisotopic (exact) mass is 266 g/mol. The second-order valence-electron chi connectivity index (χ2n) is 4.79. The largest absolute Gasteiger partial charge is 0.494 e. The van der Waals surface area contributed by atoms with Crippen LogP contribution >= 0.6 is 11.6 Å². The zero-order chi connectivity index (χ0) is 13.1. The molecule has 1 aliphatic carbocycles. The summed E-state index contributed by atoms with van der Waals surface area (Å²) < 4.78 is 5.30. The van der Waals surface area contributed by atoms with Gasteiger partial charge in [0.05, 0.1) is 7.11 Å². The SMILES string of the molecule is COc1cc(Cl)c(C)cc1N=C(N)C1CCCC1. The molecule has 0 unspecified atom stereocenters. The molecular weight excluding hydrogens is 248 g/mol. The Morgan fingerprint density at radius 3 is 2.67 bits per heavy atom. The molecule has 4 heteroatoms. The molecular formula is C14H19ClN2O. The predicted molar refractivity (Wildman–Crippen MR) is 76.0 cm³/mol. The summed E-state index contributed by atoms with van der Waals surface area (Å²) in [6.07, 6.45) is 4.78. The average molecular weight is 267 g/mol. The molecule has 0 aromatic heterocycles. The lowest BCUT2D eigenvalue weighted by molar-refractivity contribution is 0.416. The van der Waals surface area contributed by atoms with E-state index in [9.17, 15) is 0 Å². The van der Waals surface area contributed by atoms with Crippen molar-refractivity contribution in [2.75, 3.05) is 7.11 Å². The molecule has 1 fully saturated rings. The van der Waals surface area contributed by atoms with Gasteiger partial charge in [0.15, 0.2) is 0 Å². The van der Waals surface area contributed by atoms with Gasteiger partial charge in [-0.3, -0.25) is 0 Å². The van der Waals surface area contributed by atoms with Crippen molar-refractivity contribution in [3.8, 4) is 5.75 Å². The van der Waals surface area contributed by atoms with E-state index >= 15 is 0 Å². The fourth-order valence-electron chi connectivity index (χ4n) is 2.35. The van der Waals surface area contributed by atoms with E-state index in [1.54, 1.807) is 13.2 Å². The van der Waals surface area contributed by atoms with Crippen molar-refractivity contribution in [3.05, 3.63) is 22.7 Å². The first-order valence-electron chi connectivity index (χ1n) is 6.30. The summed E-state index contributed by atoms with van der Waals surface area (Å²) in [5, 5.41) is 0.685. The Morgan fingerprint density at radius 1 is 1.39 bits per heavy atom. The Hall–Kier alpha value is -1.22. The van der Waals surface area contributed by atoms with Crippen molar-refractivity contribution >= 4 is 23.1 Å². The molecule has 0 spiro atoms. The minimum Gasteiger partial charge on any atom is -0.494 e. The lowest BCUT2D eigenvalue weighted by Crippen LogP contribution is -2.20. The maximum Gasteiger partial charge on any atom is 0.146 e. The van der Waals surface area contributed by atoms with Crippen LogP contribution in [0.5, 0.6) is 5.75 Å². The van der Waals surface area contributed by atoms with E-state index in [0.29, 0.717) is 22.5 Å². The van der Waals surface area contributed by atoms with Crippen LogP contribution < -0.4 is 10.5 Å². The van der Waals surface area contributed by atoms with Gasteiger partial charge in [-0.15, -0.1) is 0 Å². The average Bonchev–Trinajstić information content (AvgIpc) is 2.87. The van der Waals surface area contributed by atoms with Crippen LogP contribution in [0.2, 0.25) is 5.02 Å². The van der Waals surface area contributed by atoms with Gasteiger partial charge >= 0.3 is 0 Å². The number of ether oxygens (including phenoxy) is 1. The molecule has 0 atom stereocenters. The van der Waals surface area contributed by atoms with Crippen molar-refractivity contribution < 1.29 is 4.74 Å². The molecule has 98 valence electrons. The van der Waals surface area contributed by atoms with Gasteiger partial charge in [-0.1, -0.05) is 24.4 Å². The molecule has 0 aliphatic heterocycles. The van der Waals surface area contributed by atoms with E-state index in [0.717, 1.165) is 24.1 Å². The molecule has 1 aliphatic rings. The number of nitrogens with two attached hydrogens (primary N) is 1. The summed E-state index contributed by atoms with van der Waals surface area (Å²) >= 11 is 6.07. The molecule has 0 amide bonds. The molecule has 1 aromatic carbocycles. The smallest absolute Gasteiger partial charge is 0.146 e. The van der Waals surface area contributed by atoms with Gasteiger partial charge in [0, 0.05) is 17.0 Å². The van der Waals surface area contributed by atoms with Crippen molar-refractivity contribution in [3.63, 3.8) is 0 Å². The van der Waals surface area contributed by atoms with Crippen molar-refractivity contribution in [2.45, 2.75) is 32.6 Å². The first-order valence-corrected chi connectivity index (χ1v) is 6.68. The van der Waals surface area contributed by atoms with Gasteiger partial charge in [-0.25, -0.2) is 4.99 Å². The highest BCUT2D eigenvalue weighted by Crippen LogP contribution is 2.34. The second-order valence-corrected chi connectivity index (χ2v) is 5.20. The summed E-state index contributed by atoms with van der Waals surface area (Å²) in [6, 6.07) is 3.71. The van der Waals surface area contributed by atoms with Gasteiger partial charge in [0.2, 0.25) is 0 Å². The van der Waals surface area contributed by atoms with Crippen LogP contribution in [0.1, 0.15) is 31.2 Å². The van der Waals surface area contributed by atoms with Gasteiger partial charge in [-0.05, 0) is 31.4 Å². The fourth-order valence-corrected chi connectivity index (χ4v) is 2.50. The number of amidine groups is 1. The molecule has 0 bridgehead atoms. The number of rotatable bonds is 3.